The van der Waals surface area contributed by atoms with Gasteiger partial charge in [-0.15, -0.1) is 0 Å². The number of methoxy groups -OCH3 is 1. The molecule has 0 heterocycles. The zero-order valence-electron chi connectivity index (χ0n) is 12.3. The molecule has 1 radical (unpaired) electrons. The fraction of sp³-hybridized carbons (Fsp3) is 0.278. The van der Waals surface area contributed by atoms with Gasteiger partial charge in [-0.05, 0) is 36.1 Å². The van der Waals surface area contributed by atoms with Crippen LogP contribution in [0.3, 0.4) is 0 Å². The molecule has 0 spiro atoms. The summed E-state index contributed by atoms with van der Waals surface area (Å²) >= 11 is 0. The van der Waals surface area contributed by atoms with Gasteiger partial charge in [-0.25, -0.2) is 0 Å². The second kappa shape index (κ2) is 8.45. The molecule has 0 saturated heterocycles. The predicted molar refractivity (Wildman–Crippen MR) is 85.2 cm³/mol. The van der Waals surface area contributed by atoms with E-state index in [1.54, 1.807) is 7.11 Å². The van der Waals surface area contributed by atoms with Gasteiger partial charge in [0.1, 0.15) is 5.75 Å². The van der Waals surface area contributed by atoms with Crippen molar-refractivity contribution in [2.45, 2.75) is 19.1 Å². The Kier molecular flexibility index (Phi) is 6.25. The van der Waals surface area contributed by atoms with Crippen molar-refractivity contribution in [2.24, 2.45) is 0 Å². The molecule has 2 aromatic carbocycles. The summed E-state index contributed by atoms with van der Waals surface area (Å²) in [6, 6.07) is 18.1. The molecule has 111 valence electrons. The van der Waals surface area contributed by atoms with Gasteiger partial charge < -0.3 is 15.2 Å². The topological polar surface area (TPSA) is 41.5 Å². The second-order valence-electron chi connectivity index (χ2n) is 4.98. The van der Waals surface area contributed by atoms with Gasteiger partial charge in [-0.1, -0.05) is 42.5 Å². The van der Waals surface area contributed by atoms with E-state index in [0.717, 1.165) is 17.7 Å². The minimum atomic E-state index is -0.448. The first-order valence-corrected chi connectivity index (χ1v) is 7.17. The lowest BCUT2D eigenvalue weighted by Gasteiger charge is -2.12. The molecule has 2 N–H and O–H groups in total. The standard InChI is InChI=1S/C18H22NO2/c1-21-18-9-5-8-16(12-18)13-19-14-17(20)11-10-15-6-3-2-4-7-15/h2-9,11-12,17,19-20H,10,13-14H2,1H3/t17-/m1/s1. The maximum Gasteiger partial charge on any atom is 0.119 e. The van der Waals surface area contributed by atoms with E-state index < -0.39 is 6.10 Å². The quantitative estimate of drug-likeness (QED) is 0.783. The summed E-state index contributed by atoms with van der Waals surface area (Å²) in [6.45, 7) is 1.26. The third kappa shape index (κ3) is 5.58. The molecule has 1 atom stereocenters. The monoisotopic (exact) mass is 284 g/mol. The smallest absolute Gasteiger partial charge is 0.119 e. The van der Waals surface area contributed by atoms with E-state index in [0.29, 0.717) is 13.1 Å². The van der Waals surface area contributed by atoms with Crippen molar-refractivity contribution in [1.29, 1.82) is 0 Å². The summed E-state index contributed by atoms with van der Waals surface area (Å²) in [5.74, 6) is 0.852. The number of benzene rings is 2. The lowest BCUT2D eigenvalue weighted by Crippen LogP contribution is -2.27. The van der Waals surface area contributed by atoms with E-state index in [1.807, 2.05) is 48.9 Å². The average Bonchev–Trinajstić information content (AvgIpc) is 2.54. The van der Waals surface area contributed by atoms with Crippen molar-refractivity contribution in [3.8, 4) is 5.75 Å². The maximum absolute atomic E-state index is 9.95. The largest absolute Gasteiger partial charge is 0.497 e. The van der Waals surface area contributed by atoms with Crippen molar-refractivity contribution >= 4 is 0 Å². The Morgan fingerprint density at radius 2 is 1.86 bits per heavy atom. The van der Waals surface area contributed by atoms with Gasteiger partial charge in [-0.2, -0.15) is 0 Å². The third-order valence-corrected chi connectivity index (χ3v) is 3.29. The minimum absolute atomic E-state index is 0.448. The number of rotatable bonds is 8. The number of nitrogens with one attached hydrogen (secondary N) is 1. The number of aliphatic hydroxyl groups is 1. The Morgan fingerprint density at radius 1 is 1.10 bits per heavy atom. The summed E-state index contributed by atoms with van der Waals surface area (Å²) in [6.07, 6.45) is 2.26. The summed E-state index contributed by atoms with van der Waals surface area (Å²) < 4.78 is 5.19. The van der Waals surface area contributed by atoms with Crippen molar-refractivity contribution < 1.29 is 9.84 Å². The van der Waals surface area contributed by atoms with E-state index >= 15 is 0 Å². The fourth-order valence-corrected chi connectivity index (χ4v) is 2.12. The zero-order chi connectivity index (χ0) is 14.9. The van der Waals surface area contributed by atoms with Gasteiger partial charge >= 0.3 is 0 Å². The van der Waals surface area contributed by atoms with Crippen LogP contribution < -0.4 is 10.1 Å². The molecule has 3 nitrogen and oxygen atoms in total. The van der Waals surface area contributed by atoms with Crippen LogP contribution in [0, 0.1) is 6.42 Å². The Hall–Kier alpha value is -1.84. The van der Waals surface area contributed by atoms with E-state index in [4.69, 9.17) is 4.74 Å². The molecule has 3 heteroatoms. The lowest BCUT2D eigenvalue weighted by molar-refractivity contribution is 0.200. The summed E-state index contributed by atoms with van der Waals surface area (Å²) in [7, 11) is 1.66. The van der Waals surface area contributed by atoms with Crippen LogP contribution in [-0.2, 0) is 13.0 Å². The molecule has 0 aliphatic rings. The molecule has 2 rings (SSSR count). The Balaban J connectivity index is 1.68. The van der Waals surface area contributed by atoms with Crippen LogP contribution in [0.2, 0.25) is 0 Å². The van der Waals surface area contributed by atoms with Crippen LogP contribution in [0.4, 0.5) is 0 Å². The van der Waals surface area contributed by atoms with Crippen molar-refractivity contribution in [3.05, 3.63) is 72.1 Å². The zero-order valence-corrected chi connectivity index (χ0v) is 12.3. The molecule has 2 aromatic rings. The van der Waals surface area contributed by atoms with E-state index in [9.17, 15) is 5.11 Å². The first-order valence-electron chi connectivity index (χ1n) is 7.17. The molecule has 0 saturated carbocycles. The molecular weight excluding hydrogens is 262 g/mol. The Morgan fingerprint density at radius 3 is 2.62 bits per heavy atom. The second-order valence-corrected chi connectivity index (χ2v) is 4.98. The summed E-state index contributed by atoms with van der Waals surface area (Å²) in [5, 5.41) is 13.2. The predicted octanol–water partition coefficient (Wildman–Crippen LogP) is 2.59. The first-order chi connectivity index (χ1) is 10.3. The van der Waals surface area contributed by atoms with Gasteiger partial charge in [0.15, 0.2) is 0 Å². The molecule has 0 bridgehead atoms. The van der Waals surface area contributed by atoms with Crippen LogP contribution in [0.1, 0.15) is 11.1 Å². The average molecular weight is 284 g/mol. The van der Waals surface area contributed by atoms with E-state index in [-0.39, 0.29) is 0 Å². The molecule has 0 fully saturated rings. The molecule has 21 heavy (non-hydrogen) atoms. The summed E-state index contributed by atoms with van der Waals surface area (Å²) in [5.41, 5.74) is 2.36. The molecule has 0 aliphatic heterocycles. The maximum atomic E-state index is 9.95. The number of aliphatic hydroxyl groups excluding tert-OH is 1. The van der Waals surface area contributed by atoms with Crippen LogP contribution in [0.25, 0.3) is 0 Å². The van der Waals surface area contributed by atoms with Crippen molar-refractivity contribution in [3.63, 3.8) is 0 Å². The highest BCUT2D eigenvalue weighted by atomic mass is 16.5. The Labute approximate surface area is 126 Å². The number of hydrogen-bond donors (Lipinski definition) is 2. The van der Waals surface area contributed by atoms with E-state index in [2.05, 4.69) is 17.4 Å². The van der Waals surface area contributed by atoms with Gasteiger partial charge in [0.25, 0.3) is 0 Å². The van der Waals surface area contributed by atoms with Gasteiger partial charge in [0, 0.05) is 13.1 Å². The minimum Gasteiger partial charge on any atom is -0.497 e. The van der Waals surface area contributed by atoms with Crippen LogP contribution in [-0.4, -0.2) is 24.9 Å². The first kappa shape index (κ1) is 15.5. The van der Waals surface area contributed by atoms with Crippen LogP contribution >= 0.6 is 0 Å². The van der Waals surface area contributed by atoms with Crippen LogP contribution in [0.5, 0.6) is 5.75 Å². The molecule has 0 amide bonds. The highest BCUT2D eigenvalue weighted by molar-refractivity contribution is 5.28. The molecular formula is C18H22NO2. The van der Waals surface area contributed by atoms with Crippen molar-refractivity contribution in [2.75, 3.05) is 13.7 Å². The fourth-order valence-electron chi connectivity index (χ4n) is 2.12. The van der Waals surface area contributed by atoms with E-state index in [1.165, 1.54) is 5.56 Å². The normalized spacial score (nSPS) is 12.1. The lowest BCUT2D eigenvalue weighted by atomic mass is 10.1. The molecule has 0 aliphatic carbocycles. The molecule has 0 aromatic heterocycles. The van der Waals surface area contributed by atoms with Gasteiger partial charge in [0.05, 0.1) is 13.2 Å². The molecule has 0 unspecified atom stereocenters. The van der Waals surface area contributed by atoms with Crippen LogP contribution in [0.15, 0.2) is 54.6 Å². The number of hydrogen-bond acceptors (Lipinski definition) is 3. The SMILES string of the molecule is COc1cccc(CNC[C@H](O)[CH]Cc2ccccc2)c1. The highest BCUT2D eigenvalue weighted by Crippen LogP contribution is 2.12. The van der Waals surface area contributed by atoms with Gasteiger partial charge in [-0.3, -0.25) is 0 Å². The summed E-state index contributed by atoms with van der Waals surface area (Å²) in [4.78, 5) is 0. The van der Waals surface area contributed by atoms with Gasteiger partial charge in [0.2, 0.25) is 0 Å². The number of ether oxygens (including phenoxy) is 1. The highest BCUT2D eigenvalue weighted by Gasteiger charge is 2.05. The Bertz CT molecular complexity index is 528. The third-order valence-electron chi connectivity index (χ3n) is 3.29. The van der Waals surface area contributed by atoms with Crippen molar-refractivity contribution in [1.82, 2.24) is 5.32 Å².